The quantitative estimate of drug-likeness (QED) is 0.471. The van der Waals surface area contributed by atoms with E-state index in [0.717, 1.165) is 21.7 Å². The maximum absolute atomic E-state index is 13.4. The highest BCUT2D eigenvalue weighted by Gasteiger charge is 2.47. The van der Waals surface area contributed by atoms with Gasteiger partial charge in [-0.1, -0.05) is 65.8 Å². The summed E-state index contributed by atoms with van der Waals surface area (Å²) in [6.07, 6.45) is -1.02. The molecule has 2 aromatic rings. The topological polar surface area (TPSA) is 91.8 Å². The number of hydrogen-bond donors (Lipinski definition) is 2. The molecule has 204 valence electrons. The highest BCUT2D eigenvalue weighted by atomic mass is 32.1. The maximum atomic E-state index is 13.4. The summed E-state index contributed by atoms with van der Waals surface area (Å²) in [6.45, 7) is 19.0. The second kappa shape index (κ2) is 11.0. The maximum Gasteiger partial charge on any atom is 0.252 e. The number of aryl methyl sites for hydroxylation is 1. The van der Waals surface area contributed by atoms with Crippen molar-refractivity contribution < 1.29 is 19.1 Å². The molecule has 1 unspecified atom stereocenters. The van der Waals surface area contributed by atoms with Gasteiger partial charge in [0.2, 0.25) is 5.91 Å². The molecule has 7 nitrogen and oxygen atoms in total. The molecule has 2 N–H and O–H groups in total. The average Bonchev–Trinajstić information content (AvgIpc) is 3.41. The third-order valence-corrected chi connectivity index (χ3v) is 13.1. The summed E-state index contributed by atoms with van der Waals surface area (Å²) in [5, 5.41) is 13.8. The Hall–Kier alpha value is -2.07. The Kier molecular flexibility index (Phi) is 8.73. The van der Waals surface area contributed by atoms with Crippen molar-refractivity contribution in [3.8, 4) is 10.4 Å². The molecule has 3 atom stereocenters. The molecule has 1 aliphatic rings. The first-order valence-corrected chi connectivity index (χ1v) is 16.7. The average molecular weight is 546 g/mol. The number of aliphatic hydroxyl groups is 1. The number of carbonyl (C=O) groups is 2. The summed E-state index contributed by atoms with van der Waals surface area (Å²) in [5.41, 5.74) is 4.29. The number of rotatable bonds is 7. The van der Waals surface area contributed by atoms with Gasteiger partial charge in [-0.15, -0.1) is 11.3 Å². The summed E-state index contributed by atoms with van der Waals surface area (Å²) in [7, 11) is -2.10. The van der Waals surface area contributed by atoms with E-state index in [1.54, 1.807) is 11.3 Å². The van der Waals surface area contributed by atoms with Gasteiger partial charge in [0.05, 0.1) is 22.2 Å². The molecule has 1 aliphatic heterocycles. The van der Waals surface area contributed by atoms with Gasteiger partial charge in [-0.25, -0.2) is 4.98 Å². The molecule has 1 aromatic carbocycles. The number of carbonyl (C=O) groups excluding carboxylic acids is 2. The van der Waals surface area contributed by atoms with Crippen LogP contribution in [0.2, 0.25) is 18.1 Å². The number of thiazole rings is 1. The first-order valence-electron chi connectivity index (χ1n) is 12.9. The van der Waals surface area contributed by atoms with Gasteiger partial charge in [-0.3, -0.25) is 9.59 Å². The Labute approximate surface area is 226 Å². The van der Waals surface area contributed by atoms with Crippen LogP contribution in [0.1, 0.15) is 59.2 Å². The van der Waals surface area contributed by atoms with Crippen LogP contribution in [-0.2, 0) is 20.6 Å². The van der Waals surface area contributed by atoms with Crippen LogP contribution in [0.4, 0.5) is 0 Å². The molecular weight excluding hydrogens is 502 g/mol. The molecule has 2 heterocycles. The molecule has 2 amide bonds. The number of aliphatic hydroxyl groups excluding tert-OH is 1. The third kappa shape index (κ3) is 6.87. The summed E-state index contributed by atoms with van der Waals surface area (Å²) in [6, 6.07) is 7.39. The normalized spacial score (nSPS) is 19.7. The lowest BCUT2D eigenvalue weighted by Crippen LogP contribution is -2.52. The Morgan fingerprint density at radius 1 is 1.19 bits per heavy atom. The molecule has 0 bridgehead atoms. The predicted octanol–water partition coefficient (Wildman–Crippen LogP) is 5.13. The van der Waals surface area contributed by atoms with E-state index in [9.17, 15) is 14.7 Å². The summed E-state index contributed by atoms with van der Waals surface area (Å²) < 4.78 is 6.59. The van der Waals surface area contributed by atoms with Crippen molar-refractivity contribution in [1.82, 2.24) is 15.2 Å². The van der Waals surface area contributed by atoms with Crippen molar-refractivity contribution in [2.45, 2.75) is 97.8 Å². The number of hydrogen-bond acceptors (Lipinski definition) is 6. The van der Waals surface area contributed by atoms with Crippen LogP contribution in [0.5, 0.6) is 0 Å². The van der Waals surface area contributed by atoms with Gasteiger partial charge in [-0.05, 0) is 41.6 Å². The van der Waals surface area contributed by atoms with Crippen molar-refractivity contribution in [2.75, 3.05) is 6.54 Å². The minimum atomic E-state index is -2.10. The van der Waals surface area contributed by atoms with E-state index in [1.807, 2.05) is 57.5 Å². The summed E-state index contributed by atoms with van der Waals surface area (Å²) in [5.74, 6) is -0.642. The van der Waals surface area contributed by atoms with Crippen LogP contribution < -0.4 is 5.32 Å². The predicted molar refractivity (Wildman–Crippen MR) is 152 cm³/mol. The first kappa shape index (κ1) is 29.5. The Bertz CT molecular complexity index is 1100. The lowest BCUT2D eigenvalue weighted by atomic mass is 9.88. The van der Waals surface area contributed by atoms with Gasteiger partial charge < -0.3 is 19.7 Å². The van der Waals surface area contributed by atoms with E-state index in [0.29, 0.717) is 19.5 Å². The SMILES string of the molecule is Cc1ncsc1-c1ccc(CNC(=O)[C@@H]2CC(O[Si](C)(C)C(C)(C)C)CN2C(=O)[C@@H](O)C(C)(C)C)cc1. The molecule has 1 saturated heterocycles. The second-order valence-electron chi connectivity index (χ2n) is 12.7. The molecule has 37 heavy (non-hydrogen) atoms. The molecule has 0 radical (unpaired) electrons. The van der Waals surface area contributed by atoms with Crippen molar-refractivity contribution in [3.05, 3.63) is 41.0 Å². The van der Waals surface area contributed by atoms with Crippen LogP contribution in [0, 0.1) is 12.3 Å². The lowest BCUT2D eigenvalue weighted by Gasteiger charge is -2.38. The van der Waals surface area contributed by atoms with Gasteiger partial charge in [0, 0.05) is 19.5 Å². The number of benzene rings is 1. The van der Waals surface area contributed by atoms with Crippen LogP contribution in [-0.4, -0.2) is 59.9 Å². The molecular formula is C28H43N3O4SSi. The first-order chi connectivity index (χ1) is 17.0. The molecule has 3 rings (SSSR count). The third-order valence-electron chi connectivity index (χ3n) is 7.60. The fourth-order valence-electron chi connectivity index (χ4n) is 4.16. The zero-order valence-corrected chi connectivity index (χ0v) is 25.5. The highest BCUT2D eigenvalue weighted by molar-refractivity contribution is 7.13. The van der Waals surface area contributed by atoms with Gasteiger partial charge in [0.25, 0.3) is 5.91 Å². The number of likely N-dealkylation sites (tertiary alicyclic amines) is 1. The fraction of sp³-hybridized carbons (Fsp3) is 0.607. The minimum Gasteiger partial charge on any atom is -0.412 e. The highest BCUT2D eigenvalue weighted by Crippen LogP contribution is 2.39. The largest absolute Gasteiger partial charge is 0.412 e. The number of nitrogens with zero attached hydrogens (tertiary/aromatic N) is 2. The van der Waals surface area contributed by atoms with Crippen LogP contribution in [0.25, 0.3) is 10.4 Å². The van der Waals surface area contributed by atoms with E-state index >= 15 is 0 Å². The zero-order chi connectivity index (χ0) is 27.8. The standard InChI is InChI=1S/C28H43N3O4SSi/c1-18-23(36-17-30-18)20-12-10-19(11-13-20)15-29-25(33)22-14-21(35-37(8,9)28(5,6)7)16-31(22)26(34)24(32)27(2,3)4/h10-13,17,21-22,24,32H,14-16H2,1-9H3,(H,29,33)/t21?,22-,24+/m0/s1. The van der Waals surface area contributed by atoms with Gasteiger partial charge in [0.15, 0.2) is 8.32 Å². The van der Waals surface area contributed by atoms with Crippen LogP contribution in [0.15, 0.2) is 29.8 Å². The molecule has 9 heteroatoms. The van der Waals surface area contributed by atoms with Crippen LogP contribution in [0.3, 0.4) is 0 Å². The lowest BCUT2D eigenvalue weighted by molar-refractivity contribution is -0.150. The molecule has 0 aliphatic carbocycles. The van der Waals surface area contributed by atoms with Crippen molar-refractivity contribution in [3.63, 3.8) is 0 Å². The van der Waals surface area contributed by atoms with E-state index in [4.69, 9.17) is 4.43 Å². The van der Waals surface area contributed by atoms with E-state index < -0.39 is 31.8 Å². The monoisotopic (exact) mass is 545 g/mol. The molecule has 1 aromatic heterocycles. The van der Waals surface area contributed by atoms with Crippen molar-refractivity contribution in [1.29, 1.82) is 0 Å². The molecule has 0 saturated carbocycles. The van der Waals surface area contributed by atoms with Crippen LogP contribution >= 0.6 is 11.3 Å². The van der Waals surface area contributed by atoms with Gasteiger partial charge in [-0.2, -0.15) is 0 Å². The molecule has 1 fully saturated rings. The Balaban J connectivity index is 1.73. The number of amides is 2. The smallest absolute Gasteiger partial charge is 0.252 e. The van der Waals surface area contributed by atoms with Gasteiger partial charge >= 0.3 is 0 Å². The van der Waals surface area contributed by atoms with E-state index in [2.05, 4.69) is 44.2 Å². The van der Waals surface area contributed by atoms with Crippen molar-refractivity contribution >= 4 is 31.5 Å². The second-order valence-corrected chi connectivity index (χ2v) is 18.3. The fourth-order valence-corrected chi connectivity index (χ4v) is 6.33. The Morgan fingerprint density at radius 3 is 2.32 bits per heavy atom. The van der Waals surface area contributed by atoms with Crippen molar-refractivity contribution in [2.24, 2.45) is 5.41 Å². The zero-order valence-electron chi connectivity index (χ0n) is 23.7. The summed E-state index contributed by atoms with van der Waals surface area (Å²) >= 11 is 1.61. The summed E-state index contributed by atoms with van der Waals surface area (Å²) in [4.78, 5) is 33.7. The minimum absolute atomic E-state index is 0.0109. The van der Waals surface area contributed by atoms with Gasteiger partial charge in [0.1, 0.15) is 12.1 Å². The van der Waals surface area contributed by atoms with E-state index in [-0.39, 0.29) is 17.0 Å². The number of aromatic nitrogens is 1. The van der Waals surface area contributed by atoms with E-state index in [1.165, 1.54) is 4.90 Å². The number of nitrogens with one attached hydrogen (secondary N) is 1. The molecule has 0 spiro atoms. The Morgan fingerprint density at radius 2 is 1.81 bits per heavy atom.